The SMILES string of the molecule is COCCNCC(=O)Nc1nc(-c2cc(C)c(C)cc2C)cs1. The number of hydrogen-bond donors (Lipinski definition) is 2. The van der Waals surface area contributed by atoms with Gasteiger partial charge in [-0.25, -0.2) is 4.98 Å². The van der Waals surface area contributed by atoms with E-state index < -0.39 is 0 Å². The molecule has 2 N–H and O–H groups in total. The second-order valence-electron chi connectivity index (χ2n) is 5.51. The summed E-state index contributed by atoms with van der Waals surface area (Å²) in [5.41, 5.74) is 5.72. The van der Waals surface area contributed by atoms with Gasteiger partial charge in [0.2, 0.25) is 5.91 Å². The number of amides is 1. The van der Waals surface area contributed by atoms with E-state index in [0.29, 0.717) is 18.3 Å². The van der Waals surface area contributed by atoms with Crippen molar-refractivity contribution in [1.82, 2.24) is 10.3 Å². The van der Waals surface area contributed by atoms with E-state index in [-0.39, 0.29) is 12.5 Å². The van der Waals surface area contributed by atoms with Crippen molar-refractivity contribution >= 4 is 22.4 Å². The molecule has 0 radical (unpaired) electrons. The van der Waals surface area contributed by atoms with Gasteiger partial charge in [-0.3, -0.25) is 4.79 Å². The Hall–Kier alpha value is -1.76. The summed E-state index contributed by atoms with van der Waals surface area (Å²) in [5.74, 6) is -0.0983. The molecule has 23 heavy (non-hydrogen) atoms. The summed E-state index contributed by atoms with van der Waals surface area (Å²) in [5, 5.41) is 8.43. The Morgan fingerprint density at radius 3 is 2.70 bits per heavy atom. The third-order valence-electron chi connectivity index (χ3n) is 3.64. The van der Waals surface area contributed by atoms with E-state index in [1.54, 1.807) is 7.11 Å². The molecule has 2 rings (SSSR count). The van der Waals surface area contributed by atoms with Crippen LogP contribution in [0.15, 0.2) is 17.5 Å². The van der Waals surface area contributed by atoms with Crippen LogP contribution in [0.4, 0.5) is 5.13 Å². The second-order valence-corrected chi connectivity index (χ2v) is 6.37. The number of carbonyl (C=O) groups excluding carboxylic acids is 1. The highest BCUT2D eigenvalue weighted by Gasteiger charge is 2.10. The van der Waals surface area contributed by atoms with Gasteiger partial charge in [-0.15, -0.1) is 11.3 Å². The van der Waals surface area contributed by atoms with Crippen LogP contribution < -0.4 is 10.6 Å². The van der Waals surface area contributed by atoms with Crippen molar-refractivity contribution in [3.63, 3.8) is 0 Å². The summed E-state index contributed by atoms with van der Waals surface area (Å²) in [6.07, 6.45) is 0. The molecule has 0 aliphatic carbocycles. The van der Waals surface area contributed by atoms with Crippen LogP contribution in [-0.2, 0) is 9.53 Å². The summed E-state index contributed by atoms with van der Waals surface area (Å²) in [6.45, 7) is 7.77. The number of carbonyl (C=O) groups is 1. The van der Waals surface area contributed by atoms with E-state index in [1.165, 1.54) is 28.0 Å². The molecule has 2 aromatic rings. The Morgan fingerprint density at radius 1 is 1.22 bits per heavy atom. The van der Waals surface area contributed by atoms with Crippen LogP contribution in [-0.4, -0.2) is 37.7 Å². The molecule has 124 valence electrons. The maximum absolute atomic E-state index is 11.8. The zero-order valence-corrected chi connectivity index (χ0v) is 14.8. The molecule has 0 bridgehead atoms. The Morgan fingerprint density at radius 2 is 1.96 bits per heavy atom. The second kappa shape index (κ2) is 8.19. The molecular weight excluding hydrogens is 310 g/mol. The molecule has 0 saturated carbocycles. The molecule has 0 aliphatic rings. The van der Waals surface area contributed by atoms with Crippen LogP contribution in [0.3, 0.4) is 0 Å². The van der Waals surface area contributed by atoms with E-state index in [1.807, 2.05) is 5.38 Å². The Bertz CT molecular complexity index is 682. The number of nitrogens with zero attached hydrogens (tertiary/aromatic N) is 1. The number of ether oxygens (including phenoxy) is 1. The maximum atomic E-state index is 11.8. The average molecular weight is 333 g/mol. The van der Waals surface area contributed by atoms with Crippen LogP contribution in [0.1, 0.15) is 16.7 Å². The van der Waals surface area contributed by atoms with Crippen LogP contribution in [0.2, 0.25) is 0 Å². The first kappa shape index (κ1) is 17.6. The van der Waals surface area contributed by atoms with Gasteiger partial charge in [0.15, 0.2) is 5.13 Å². The number of hydrogen-bond acceptors (Lipinski definition) is 5. The number of thiazole rings is 1. The monoisotopic (exact) mass is 333 g/mol. The zero-order chi connectivity index (χ0) is 16.8. The number of methoxy groups -OCH3 is 1. The van der Waals surface area contributed by atoms with Crippen molar-refractivity contribution in [2.75, 3.05) is 32.1 Å². The van der Waals surface area contributed by atoms with Gasteiger partial charge in [0, 0.05) is 24.6 Å². The molecule has 0 fully saturated rings. The van der Waals surface area contributed by atoms with Crippen LogP contribution in [0.25, 0.3) is 11.3 Å². The fraction of sp³-hybridized carbons (Fsp3) is 0.412. The molecule has 1 aromatic heterocycles. The predicted octanol–water partition coefficient (Wildman–Crippen LogP) is 2.91. The molecule has 0 unspecified atom stereocenters. The normalized spacial score (nSPS) is 10.8. The first-order valence-electron chi connectivity index (χ1n) is 7.54. The summed E-state index contributed by atoms with van der Waals surface area (Å²) in [6, 6.07) is 4.32. The summed E-state index contributed by atoms with van der Waals surface area (Å²) < 4.78 is 4.92. The number of aryl methyl sites for hydroxylation is 3. The lowest BCUT2D eigenvalue weighted by atomic mass is 9.99. The van der Waals surface area contributed by atoms with E-state index >= 15 is 0 Å². The van der Waals surface area contributed by atoms with Gasteiger partial charge in [-0.05, 0) is 43.5 Å². The lowest BCUT2D eigenvalue weighted by molar-refractivity contribution is -0.115. The fourth-order valence-corrected chi connectivity index (χ4v) is 2.96. The predicted molar refractivity (Wildman–Crippen MR) is 95.1 cm³/mol. The molecule has 0 atom stereocenters. The Labute approximate surface area is 141 Å². The topological polar surface area (TPSA) is 63.2 Å². The molecule has 1 aromatic carbocycles. The third-order valence-corrected chi connectivity index (χ3v) is 4.39. The number of nitrogens with one attached hydrogen (secondary N) is 2. The zero-order valence-electron chi connectivity index (χ0n) is 14.0. The minimum absolute atomic E-state index is 0.0983. The number of benzene rings is 1. The van der Waals surface area contributed by atoms with Crippen molar-refractivity contribution in [3.05, 3.63) is 34.2 Å². The van der Waals surface area contributed by atoms with Gasteiger partial charge in [0.05, 0.1) is 18.8 Å². The van der Waals surface area contributed by atoms with Crippen LogP contribution in [0, 0.1) is 20.8 Å². The van der Waals surface area contributed by atoms with Gasteiger partial charge >= 0.3 is 0 Å². The summed E-state index contributed by atoms with van der Waals surface area (Å²) in [7, 11) is 1.63. The van der Waals surface area contributed by atoms with Gasteiger partial charge in [0.25, 0.3) is 0 Å². The highest BCUT2D eigenvalue weighted by atomic mass is 32.1. The van der Waals surface area contributed by atoms with Gasteiger partial charge in [0.1, 0.15) is 0 Å². The van der Waals surface area contributed by atoms with Crippen LogP contribution in [0.5, 0.6) is 0 Å². The molecule has 5 nitrogen and oxygen atoms in total. The first-order valence-corrected chi connectivity index (χ1v) is 8.42. The molecule has 1 heterocycles. The van der Waals surface area contributed by atoms with Crippen molar-refractivity contribution in [3.8, 4) is 11.3 Å². The van der Waals surface area contributed by atoms with Crippen LogP contribution >= 0.6 is 11.3 Å². The van der Waals surface area contributed by atoms with Gasteiger partial charge in [-0.1, -0.05) is 6.07 Å². The Balaban J connectivity index is 2.01. The average Bonchev–Trinajstić information content (AvgIpc) is 2.95. The lowest BCUT2D eigenvalue weighted by Gasteiger charge is -2.07. The molecular formula is C17H23N3O2S. The van der Waals surface area contributed by atoms with Crippen molar-refractivity contribution in [2.24, 2.45) is 0 Å². The number of rotatable bonds is 7. The Kier molecular flexibility index (Phi) is 6.27. The third kappa shape index (κ3) is 4.86. The smallest absolute Gasteiger partial charge is 0.240 e. The summed E-state index contributed by atoms with van der Waals surface area (Å²) >= 11 is 1.44. The maximum Gasteiger partial charge on any atom is 0.240 e. The fourth-order valence-electron chi connectivity index (χ4n) is 2.23. The molecule has 6 heteroatoms. The molecule has 0 spiro atoms. The largest absolute Gasteiger partial charge is 0.383 e. The standard InChI is InChI=1S/C17H23N3O2S/c1-11-7-13(3)14(8-12(11)2)15-10-23-17(19-15)20-16(21)9-18-5-6-22-4/h7-8,10,18H,5-6,9H2,1-4H3,(H,19,20,21). The van der Waals surface area contributed by atoms with E-state index in [4.69, 9.17) is 4.74 Å². The van der Waals surface area contributed by atoms with E-state index in [2.05, 4.69) is 48.5 Å². The highest BCUT2D eigenvalue weighted by molar-refractivity contribution is 7.14. The molecule has 0 aliphatic heterocycles. The molecule has 0 saturated heterocycles. The molecule has 1 amide bonds. The summed E-state index contributed by atoms with van der Waals surface area (Å²) in [4.78, 5) is 16.4. The van der Waals surface area contributed by atoms with Crippen molar-refractivity contribution in [2.45, 2.75) is 20.8 Å². The van der Waals surface area contributed by atoms with Gasteiger partial charge in [-0.2, -0.15) is 0 Å². The van der Waals surface area contributed by atoms with E-state index in [9.17, 15) is 4.79 Å². The number of aromatic nitrogens is 1. The quantitative estimate of drug-likeness (QED) is 0.765. The van der Waals surface area contributed by atoms with Crippen molar-refractivity contribution < 1.29 is 9.53 Å². The lowest BCUT2D eigenvalue weighted by Crippen LogP contribution is -2.30. The van der Waals surface area contributed by atoms with Gasteiger partial charge < -0.3 is 15.4 Å². The highest BCUT2D eigenvalue weighted by Crippen LogP contribution is 2.29. The van der Waals surface area contributed by atoms with Crippen molar-refractivity contribution in [1.29, 1.82) is 0 Å². The van der Waals surface area contributed by atoms with E-state index in [0.717, 1.165) is 11.3 Å². The minimum atomic E-state index is -0.0983. The first-order chi connectivity index (χ1) is 11.0. The number of anilines is 1. The minimum Gasteiger partial charge on any atom is -0.383 e.